The maximum Gasteiger partial charge on any atom is 0.343 e. The standard InChI is InChI=1S/C18H17NO4/c1-22-18(21)13-23-16-9-5-8-15(12-16)19-17(20)11-10-14-6-3-2-4-7-14/h2-12H,13H2,1H3,(H,19,20)/b11-10+. The number of carbonyl (C=O) groups is 2. The van der Waals surface area contributed by atoms with Gasteiger partial charge in [0, 0.05) is 17.8 Å². The average Bonchev–Trinajstić information content (AvgIpc) is 2.59. The lowest BCUT2D eigenvalue weighted by Crippen LogP contribution is -2.13. The minimum Gasteiger partial charge on any atom is -0.482 e. The summed E-state index contributed by atoms with van der Waals surface area (Å²) in [5.74, 6) is -0.246. The first kappa shape index (κ1) is 16.3. The third kappa shape index (κ3) is 5.67. The van der Waals surface area contributed by atoms with E-state index in [-0.39, 0.29) is 12.5 Å². The number of rotatable bonds is 6. The lowest BCUT2D eigenvalue weighted by Gasteiger charge is -2.07. The second-order valence-electron chi connectivity index (χ2n) is 4.63. The molecule has 2 aromatic carbocycles. The number of ether oxygens (including phenoxy) is 2. The number of esters is 1. The van der Waals surface area contributed by atoms with Crippen LogP contribution < -0.4 is 10.1 Å². The van der Waals surface area contributed by atoms with Crippen molar-refractivity contribution in [1.29, 1.82) is 0 Å². The highest BCUT2D eigenvalue weighted by atomic mass is 16.6. The topological polar surface area (TPSA) is 64.6 Å². The van der Waals surface area contributed by atoms with Crippen molar-refractivity contribution in [1.82, 2.24) is 0 Å². The molecule has 1 amide bonds. The van der Waals surface area contributed by atoms with Crippen LogP contribution in [0.4, 0.5) is 5.69 Å². The molecule has 0 fully saturated rings. The molecule has 0 atom stereocenters. The molecule has 1 N–H and O–H groups in total. The number of amides is 1. The number of hydrogen-bond donors (Lipinski definition) is 1. The monoisotopic (exact) mass is 311 g/mol. The van der Waals surface area contributed by atoms with Gasteiger partial charge in [-0.3, -0.25) is 4.79 Å². The number of carbonyl (C=O) groups excluding carboxylic acids is 2. The Kier molecular flexibility index (Phi) is 5.94. The first-order valence-electron chi connectivity index (χ1n) is 7.01. The van der Waals surface area contributed by atoms with Gasteiger partial charge in [0.25, 0.3) is 0 Å². The molecule has 0 heterocycles. The van der Waals surface area contributed by atoms with E-state index in [1.165, 1.54) is 13.2 Å². The third-order valence-corrected chi connectivity index (χ3v) is 2.91. The molecule has 0 spiro atoms. The van der Waals surface area contributed by atoms with Gasteiger partial charge in [-0.05, 0) is 23.8 Å². The summed E-state index contributed by atoms with van der Waals surface area (Å²) in [6.07, 6.45) is 3.18. The molecule has 5 nitrogen and oxygen atoms in total. The normalized spacial score (nSPS) is 10.3. The first-order chi connectivity index (χ1) is 11.2. The molecular weight excluding hydrogens is 294 g/mol. The van der Waals surface area contributed by atoms with E-state index in [2.05, 4.69) is 10.1 Å². The van der Waals surface area contributed by atoms with Crippen molar-refractivity contribution in [2.24, 2.45) is 0 Å². The summed E-state index contributed by atoms with van der Waals surface area (Å²) in [5, 5.41) is 2.73. The second kappa shape index (κ2) is 8.38. The Morgan fingerprint density at radius 2 is 1.87 bits per heavy atom. The van der Waals surface area contributed by atoms with E-state index in [9.17, 15) is 9.59 Å². The zero-order valence-corrected chi connectivity index (χ0v) is 12.7. The molecule has 23 heavy (non-hydrogen) atoms. The molecule has 0 aliphatic heterocycles. The molecule has 0 radical (unpaired) electrons. The maximum absolute atomic E-state index is 11.9. The fraction of sp³-hybridized carbons (Fsp3) is 0.111. The predicted octanol–water partition coefficient (Wildman–Crippen LogP) is 2.89. The number of nitrogens with one attached hydrogen (secondary N) is 1. The SMILES string of the molecule is COC(=O)COc1cccc(NC(=O)/C=C/c2ccccc2)c1. The van der Waals surface area contributed by atoms with Crippen LogP contribution in [-0.4, -0.2) is 25.6 Å². The fourth-order valence-corrected chi connectivity index (χ4v) is 1.78. The molecule has 0 aromatic heterocycles. The predicted molar refractivity (Wildman–Crippen MR) is 88.1 cm³/mol. The van der Waals surface area contributed by atoms with Gasteiger partial charge in [-0.15, -0.1) is 0 Å². The van der Waals surface area contributed by atoms with Crippen molar-refractivity contribution in [3.63, 3.8) is 0 Å². The Labute approximate surface area is 134 Å². The molecule has 0 bridgehead atoms. The molecule has 5 heteroatoms. The maximum atomic E-state index is 11.9. The number of hydrogen-bond acceptors (Lipinski definition) is 4. The van der Waals surface area contributed by atoms with E-state index in [0.717, 1.165) is 5.56 Å². The highest BCUT2D eigenvalue weighted by molar-refractivity contribution is 6.02. The molecular formula is C18H17NO4. The van der Waals surface area contributed by atoms with Gasteiger partial charge in [0.2, 0.25) is 5.91 Å². The largest absolute Gasteiger partial charge is 0.482 e. The van der Waals surface area contributed by atoms with Gasteiger partial charge in [-0.2, -0.15) is 0 Å². The summed E-state index contributed by atoms with van der Waals surface area (Å²) in [6.45, 7) is -0.179. The van der Waals surface area contributed by atoms with Crippen LogP contribution in [0, 0.1) is 0 Å². The minimum atomic E-state index is -0.467. The first-order valence-corrected chi connectivity index (χ1v) is 7.01. The van der Waals surface area contributed by atoms with Crippen molar-refractivity contribution in [2.75, 3.05) is 19.0 Å². The Bertz CT molecular complexity index is 695. The van der Waals surface area contributed by atoms with E-state index in [4.69, 9.17) is 4.74 Å². The van der Waals surface area contributed by atoms with Gasteiger partial charge >= 0.3 is 5.97 Å². The lowest BCUT2D eigenvalue weighted by atomic mass is 10.2. The number of anilines is 1. The molecule has 0 aliphatic rings. The highest BCUT2D eigenvalue weighted by Gasteiger charge is 2.03. The van der Waals surface area contributed by atoms with Gasteiger partial charge in [0.1, 0.15) is 5.75 Å². The lowest BCUT2D eigenvalue weighted by molar-refractivity contribution is -0.142. The zero-order valence-electron chi connectivity index (χ0n) is 12.7. The van der Waals surface area contributed by atoms with Gasteiger partial charge < -0.3 is 14.8 Å². The van der Waals surface area contributed by atoms with E-state index < -0.39 is 5.97 Å². The quantitative estimate of drug-likeness (QED) is 0.658. The van der Waals surface area contributed by atoms with Gasteiger partial charge in [0.05, 0.1) is 7.11 Å². The van der Waals surface area contributed by atoms with E-state index in [1.54, 1.807) is 30.3 Å². The second-order valence-corrected chi connectivity index (χ2v) is 4.63. The van der Waals surface area contributed by atoms with Crippen LogP contribution in [-0.2, 0) is 14.3 Å². The van der Waals surface area contributed by atoms with Gasteiger partial charge in [-0.1, -0.05) is 36.4 Å². The Balaban J connectivity index is 1.93. The van der Waals surface area contributed by atoms with Crippen LogP contribution in [0.5, 0.6) is 5.75 Å². The van der Waals surface area contributed by atoms with Crippen LogP contribution in [0.25, 0.3) is 6.08 Å². The van der Waals surface area contributed by atoms with Crippen molar-refractivity contribution in [3.05, 3.63) is 66.2 Å². The summed E-state index contributed by atoms with van der Waals surface area (Å²) < 4.78 is 9.76. The summed E-state index contributed by atoms with van der Waals surface area (Å²) in [5.41, 5.74) is 1.52. The highest BCUT2D eigenvalue weighted by Crippen LogP contribution is 2.17. The number of methoxy groups -OCH3 is 1. The smallest absolute Gasteiger partial charge is 0.343 e. The van der Waals surface area contributed by atoms with Crippen LogP contribution in [0.2, 0.25) is 0 Å². The van der Waals surface area contributed by atoms with E-state index >= 15 is 0 Å². The van der Waals surface area contributed by atoms with Crippen molar-refractivity contribution >= 4 is 23.6 Å². The fourth-order valence-electron chi connectivity index (χ4n) is 1.78. The minimum absolute atomic E-state index is 0.179. The summed E-state index contributed by atoms with van der Waals surface area (Å²) in [6, 6.07) is 16.3. The zero-order chi connectivity index (χ0) is 16.5. The Morgan fingerprint density at radius 3 is 2.61 bits per heavy atom. The van der Waals surface area contributed by atoms with Crippen molar-refractivity contribution < 1.29 is 19.1 Å². The summed E-state index contributed by atoms with van der Waals surface area (Å²) >= 11 is 0. The van der Waals surface area contributed by atoms with Gasteiger partial charge in [-0.25, -0.2) is 4.79 Å². The average molecular weight is 311 g/mol. The van der Waals surface area contributed by atoms with Crippen LogP contribution in [0.15, 0.2) is 60.7 Å². The third-order valence-electron chi connectivity index (χ3n) is 2.91. The van der Waals surface area contributed by atoms with Gasteiger partial charge in [0.15, 0.2) is 6.61 Å². The summed E-state index contributed by atoms with van der Waals surface area (Å²) in [4.78, 5) is 22.9. The molecule has 0 saturated heterocycles. The molecule has 0 saturated carbocycles. The molecule has 0 unspecified atom stereocenters. The van der Waals surface area contributed by atoms with Crippen LogP contribution in [0.3, 0.4) is 0 Å². The van der Waals surface area contributed by atoms with E-state index in [1.807, 2.05) is 30.3 Å². The summed E-state index contributed by atoms with van der Waals surface area (Å²) in [7, 11) is 1.29. The van der Waals surface area contributed by atoms with Crippen molar-refractivity contribution in [3.8, 4) is 5.75 Å². The van der Waals surface area contributed by atoms with E-state index in [0.29, 0.717) is 11.4 Å². The molecule has 118 valence electrons. The van der Waals surface area contributed by atoms with Crippen molar-refractivity contribution in [2.45, 2.75) is 0 Å². The molecule has 2 rings (SSSR count). The molecule has 0 aliphatic carbocycles. The van der Waals surface area contributed by atoms with Crippen LogP contribution in [0.1, 0.15) is 5.56 Å². The van der Waals surface area contributed by atoms with Crippen LogP contribution >= 0.6 is 0 Å². The molecule has 2 aromatic rings. The Morgan fingerprint density at radius 1 is 1.09 bits per heavy atom. The number of benzene rings is 2. The Hall–Kier alpha value is -3.08.